The quantitative estimate of drug-likeness (QED) is 0.850. The summed E-state index contributed by atoms with van der Waals surface area (Å²) in [6.07, 6.45) is 3.21. The Labute approximate surface area is 96.5 Å². The van der Waals surface area contributed by atoms with E-state index >= 15 is 0 Å². The van der Waals surface area contributed by atoms with E-state index in [2.05, 4.69) is 4.98 Å². The lowest BCUT2D eigenvalue weighted by atomic mass is 10.3. The van der Waals surface area contributed by atoms with Crippen LogP contribution in [-0.2, 0) is 9.59 Å². The highest BCUT2D eigenvalue weighted by molar-refractivity contribution is 8.00. The Balaban J connectivity index is 2.23. The molecule has 0 radical (unpaired) electrons. The van der Waals surface area contributed by atoms with Crippen LogP contribution in [0.25, 0.3) is 0 Å². The summed E-state index contributed by atoms with van der Waals surface area (Å²) in [5.41, 5.74) is 0.713. The van der Waals surface area contributed by atoms with Crippen LogP contribution in [0.1, 0.15) is 6.42 Å². The standard InChI is InChI=1S/C10H10N2O3S/c13-9-6-16-8-1-3-11-5-7(8)12(9)4-2-10(14)15/h1,3,5H,2,4,6H2,(H,14,15). The zero-order chi connectivity index (χ0) is 11.5. The molecule has 0 aromatic carbocycles. The molecule has 1 aromatic heterocycles. The number of pyridine rings is 1. The highest BCUT2D eigenvalue weighted by atomic mass is 32.2. The lowest BCUT2D eigenvalue weighted by Gasteiger charge is -2.27. The molecule has 0 fully saturated rings. The maximum atomic E-state index is 11.7. The predicted octanol–water partition coefficient (Wildman–Crippen LogP) is 0.995. The molecule has 0 aliphatic carbocycles. The first-order valence-electron chi connectivity index (χ1n) is 4.77. The number of hydrogen-bond donors (Lipinski definition) is 1. The molecular formula is C10H10N2O3S. The number of nitrogens with zero attached hydrogens (tertiary/aromatic N) is 2. The first-order valence-corrected chi connectivity index (χ1v) is 5.76. The smallest absolute Gasteiger partial charge is 0.305 e. The molecule has 84 valence electrons. The van der Waals surface area contributed by atoms with E-state index in [4.69, 9.17) is 5.11 Å². The Morgan fingerprint density at radius 1 is 1.62 bits per heavy atom. The van der Waals surface area contributed by atoms with E-state index in [0.717, 1.165) is 4.90 Å². The third-order valence-corrected chi connectivity index (χ3v) is 3.30. The van der Waals surface area contributed by atoms with Gasteiger partial charge in [0.2, 0.25) is 5.91 Å². The van der Waals surface area contributed by atoms with Gasteiger partial charge in [-0.05, 0) is 6.07 Å². The topological polar surface area (TPSA) is 70.5 Å². The van der Waals surface area contributed by atoms with Crippen LogP contribution in [0.3, 0.4) is 0 Å². The van der Waals surface area contributed by atoms with Crippen LogP contribution in [0.5, 0.6) is 0 Å². The van der Waals surface area contributed by atoms with Gasteiger partial charge in [0.15, 0.2) is 0 Å². The molecule has 2 rings (SSSR count). The molecule has 16 heavy (non-hydrogen) atoms. The number of rotatable bonds is 3. The number of aromatic nitrogens is 1. The second-order valence-corrected chi connectivity index (χ2v) is 4.34. The summed E-state index contributed by atoms with van der Waals surface area (Å²) in [6, 6.07) is 1.83. The Bertz CT molecular complexity index is 436. The molecule has 1 amide bonds. The van der Waals surface area contributed by atoms with Gasteiger partial charge in [-0.2, -0.15) is 0 Å². The summed E-state index contributed by atoms with van der Waals surface area (Å²) in [5.74, 6) is -0.611. The van der Waals surface area contributed by atoms with Gasteiger partial charge in [-0.25, -0.2) is 0 Å². The van der Waals surface area contributed by atoms with Gasteiger partial charge >= 0.3 is 5.97 Å². The van der Waals surface area contributed by atoms with Gasteiger partial charge in [-0.15, -0.1) is 11.8 Å². The maximum absolute atomic E-state index is 11.7. The van der Waals surface area contributed by atoms with Crippen molar-refractivity contribution >= 4 is 29.3 Å². The van der Waals surface area contributed by atoms with Gasteiger partial charge in [-0.3, -0.25) is 14.6 Å². The molecule has 1 N–H and O–H groups in total. The number of carbonyl (C=O) groups is 2. The Hall–Kier alpha value is -1.56. The second-order valence-electron chi connectivity index (χ2n) is 3.32. The summed E-state index contributed by atoms with van der Waals surface area (Å²) in [6.45, 7) is 0.202. The van der Waals surface area contributed by atoms with Gasteiger partial charge < -0.3 is 10.0 Å². The first-order chi connectivity index (χ1) is 7.68. The summed E-state index contributed by atoms with van der Waals surface area (Å²) < 4.78 is 0. The zero-order valence-electron chi connectivity index (χ0n) is 8.42. The summed E-state index contributed by atoms with van der Waals surface area (Å²) in [4.78, 5) is 28.6. The number of anilines is 1. The third-order valence-electron chi connectivity index (χ3n) is 2.25. The minimum atomic E-state index is -0.906. The third kappa shape index (κ3) is 2.16. The average molecular weight is 238 g/mol. The van der Waals surface area contributed by atoms with Crippen molar-refractivity contribution in [3.63, 3.8) is 0 Å². The van der Waals surface area contributed by atoms with Gasteiger partial charge in [0.1, 0.15) is 0 Å². The number of carbonyl (C=O) groups excluding carboxylic acids is 1. The monoisotopic (exact) mass is 238 g/mol. The number of aliphatic carboxylic acids is 1. The van der Waals surface area contributed by atoms with E-state index in [0.29, 0.717) is 11.4 Å². The van der Waals surface area contributed by atoms with E-state index in [1.165, 1.54) is 16.7 Å². The van der Waals surface area contributed by atoms with E-state index in [9.17, 15) is 9.59 Å². The van der Waals surface area contributed by atoms with Crippen molar-refractivity contribution in [3.8, 4) is 0 Å². The summed E-state index contributed by atoms with van der Waals surface area (Å²) in [5, 5.41) is 8.62. The van der Waals surface area contributed by atoms with Gasteiger partial charge in [0.25, 0.3) is 0 Å². The van der Waals surface area contributed by atoms with Crippen molar-refractivity contribution in [2.75, 3.05) is 17.2 Å². The molecule has 6 heteroatoms. The molecule has 0 spiro atoms. The number of carboxylic acids is 1. The molecule has 1 aromatic rings. The van der Waals surface area contributed by atoms with Gasteiger partial charge in [0, 0.05) is 17.6 Å². The van der Waals surface area contributed by atoms with Crippen LogP contribution in [-0.4, -0.2) is 34.3 Å². The molecule has 0 bridgehead atoms. The van der Waals surface area contributed by atoms with E-state index < -0.39 is 5.97 Å². The van der Waals surface area contributed by atoms with Crippen molar-refractivity contribution in [2.24, 2.45) is 0 Å². The Morgan fingerprint density at radius 2 is 2.44 bits per heavy atom. The summed E-state index contributed by atoms with van der Waals surface area (Å²) >= 11 is 1.46. The molecule has 1 aliphatic heterocycles. The predicted molar refractivity (Wildman–Crippen MR) is 59.6 cm³/mol. The van der Waals surface area contributed by atoms with Gasteiger partial charge in [-0.1, -0.05) is 0 Å². The molecular weight excluding hydrogens is 228 g/mol. The molecule has 5 nitrogen and oxygen atoms in total. The van der Waals surface area contributed by atoms with Crippen LogP contribution in [0, 0.1) is 0 Å². The molecule has 0 unspecified atom stereocenters. The Morgan fingerprint density at radius 3 is 3.19 bits per heavy atom. The first kappa shape index (κ1) is 10.9. The van der Waals surface area contributed by atoms with Crippen molar-refractivity contribution in [1.29, 1.82) is 0 Å². The molecule has 0 atom stereocenters. The van der Waals surface area contributed by atoms with E-state index in [-0.39, 0.29) is 18.9 Å². The SMILES string of the molecule is O=C(O)CCN1C(=O)CSc2ccncc21. The number of thioether (sulfide) groups is 1. The Kier molecular flexibility index (Phi) is 3.09. The zero-order valence-corrected chi connectivity index (χ0v) is 9.24. The van der Waals surface area contributed by atoms with Crippen molar-refractivity contribution in [3.05, 3.63) is 18.5 Å². The van der Waals surface area contributed by atoms with Crippen molar-refractivity contribution in [1.82, 2.24) is 4.98 Å². The fraction of sp³-hybridized carbons (Fsp3) is 0.300. The van der Waals surface area contributed by atoms with Crippen molar-refractivity contribution in [2.45, 2.75) is 11.3 Å². The molecule has 0 saturated heterocycles. The van der Waals surface area contributed by atoms with Crippen molar-refractivity contribution < 1.29 is 14.7 Å². The largest absolute Gasteiger partial charge is 0.481 e. The van der Waals surface area contributed by atoms with E-state index in [1.807, 2.05) is 6.07 Å². The number of hydrogen-bond acceptors (Lipinski definition) is 4. The number of amides is 1. The van der Waals surface area contributed by atoms with Gasteiger partial charge in [0.05, 0.1) is 24.1 Å². The van der Waals surface area contributed by atoms with Crippen LogP contribution in [0.4, 0.5) is 5.69 Å². The van der Waals surface area contributed by atoms with Crippen LogP contribution in [0.2, 0.25) is 0 Å². The second kappa shape index (κ2) is 4.52. The van der Waals surface area contributed by atoms with Crippen LogP contribution in [0.15, 0.2) is 23.4 Å². The lowest BCUT2D eigenvalue weighted by molar-refractivity contribution is -0.136. The highest BCUT2D eigenvalue weighted by Crippen LogP contribution is 2.34. The van der Waals surface area contributed by atoms with E-state index in [1.54, 1.807) is 12.4 Å². The molecule has 1 aliphatic rings. The fourth-order valence-corrected chi connectivity index (χ4v) is 2.41. The average Bonchev–Trinajstić information content (AvgIpc) is 2.27. The maximum Gasteiger partial charge on any atom is 0.305 e. The van der Waals surface area contributed by atoms with Crippen LogP contribution < -0.4 is 4.90 Å². The van der Waals surface area contributed by atoms with Crippen LogP contribution >= 0.6 is 11.8 Å². The highest BCUT2D eigenvalue weighted by Gasteiger charge is 2.24. The fourth-order valence-electron chi connectivity index (χ4n) is 1.50. The molecule has 0 saturated carbocycles. The lowest BCUT2D eigenvalue weighted by Crippen LogP contribution is -2.37. The normalized spacial score (nSPS) is 14.8. The number of carboxylic acid groups (broad SMARTS) is 1. The summed E-state index contributed by atoms with van der Waals surface area (Å²) in [7, 11) is 0. The molecule has 2 heterocycles. The minimum Gasteiger partial charge on any atom is -0.481 e. The minimum absolute atomic E-state index is 0.0509. The number of fused-ring (bicyclic) bond motifs is 1.